The smallest absolute Gasteiger partial charge is 0.225 e. The van der Waals surface area contributed by atoms with Gasteiger partial charge in [-0.3, -0.25) is 4.79 Å². The van der Waals surface area contributed by atoms with Crippen molar-refractivity contribution in [2.24, 2.45) is 11.8 Å². The molecule has 1 saturated heterocycles. The Hall–Kier alpha value is -3.80. The monoisotopic (exact) mass is 481 g/mol. The first kappa shape index (κ1) is 22.7. The lowest BCUT2D eigenvalue weighted by molar-refractivity contribution is -0.131. The molecule has 0 radical (unpaired) electrons. The van der Waals surface area contributed by atoms with Crippen LogP contribution in [0.15, 0.2) is 66.7 Å². The largest absolute Gasteiger partial charge is 0.497 e. The van der Waals surface area contributed by atoms with Gasteiger partial charge >= 0.3 is 0 Å². The number of hydrogen-bond donors (Lipinski definition) is 0. The summed E-state index contributed by atoms with van der Waals surface area (Å²) in [4.78, 5) is 19.7. The molecule has 6 nitrogen and oxygen atoms in total. The lowest BCUT2D eigenvalue weighted by atomic mass is 10.0. The van der Waals surface area contributed by atoms with Crippen molar-refractivity contribution in [2.45, 2.75) is 25.8 Å². The maximum atomic E-state index is 12.6. The normalized spacial score (nSPS) is 17.5. The summed E-state index contributed by atoms with van der Waals surface area (Å²) in [6.07, 6.45) is 3.14. The molecular formula is C30H31N3O3. The zero-order chi connectivity index (χ0) is 24.6. The van der Waals surface area contributed by atoms with Crippen LogP contribution in [0.25, 0.3) is 33.5 Å². The lowest BCUT2D eigenvalue weighted by Gasteiger charge is -2.18. The third kappa shape index (κ3) is 4.21. The van der Waals surface area contributed by atoms with Gasteiger partial charge in [-0.15, -0.1) is 0 Å². The minimum atomic E-state index is 0.280. The molecule has 0 bridgehead atoms. The minimum Gasteiger partial charge on any atom is -0.497 e. The van der Waals surface area contributed by atoms with Crippen LogP contribution in [-0.2, 0) is 11.3 Å². The SMILES string of the molecule is COc1ccc(-c2ccc(-c3nc4c(OC)cccc4n3CC3CCN(C(=O)C4CC4)C3)cc2)cc1. The highest BCUT2D eigenvalue weighted by molar-refractivity contribution is 5.86. The van der Waals surface area contributed by atoms with Crippen molar-refractivity contribution in [3.8, 4) is 34.0 Å². The van der Waals surface area contributed by atoms with Crippen LogP contribution in [0.4, 0.5) is 0 Å². The van der Waals surface area contributed by atoms with E-state index in [9.17, 15) is 4.79 Å². The van der Waals surface area contributed by atoms with E-state index in [1.165, 1.54) is 0 Å². The summed E-state index contributed by atoms with van der Waals surface area (Å²) < 4.78 is 13.2. The van der Waals surface area contributed by atoms with Gasteiger partial charge in [-0.25, -0.2) is 4.98 Å². The van der Waals surface area contributed by atoms with Crippen LogP contribution >= 0.6 is 0 Å². The molecule has 2 fully saturated rings. The summed E-state index contributed by atoms with van der Waals surface area (Å²) in [5, 5.41) is 0. The van der Waals surface area contributed by atoms with Gasteiger partial charge in [0, 0.05) is 31.1 Å². The fraction of sp³-hybridized carbons (Fsp3) is 0.333. The van der Waals surface area contributed by atoms with E-state index in [0.717, 1.165) is 83.9 Å². The maximum absolute atomic E-state index is 12.6. The second-order valence-corrected chi connectivity index (χ2v) is 9.89. The Labute approximate surface area is 211 Å². The number of imidazole rings is 1. The minimum absolute atomic E-state index is 0.280. The number of ether oxygens (including phenoxy) is 2. The van der Waals surface area contributed by atoms with Gasteiger partial charge in [0.25, 0.3) is 0 Å². The number of likely N-dealkylation sites (tertiary alicyclic amines) is 1. The number of fused-ring (bicyclic) bond motifs is 1. The molecule has 0 spiro atoms. The summed E-state index contributed by atoms with van der Waals surface area (Å²) >= 11 is 0. The Morgan fingerprint density at radius 2 is 1.58 bits per heavy atom. The van der Waals surface area contributed by atoms with E-state index in [1.54, 1.807) is 14.2 Å². The zero-order valence-corrected chi connectivity index (χ0v) is 20.8. The molecule has 1 unspecified atom stereocenters. The number of benzene rings is 3. The van der Waals surface area contributed by atoms with Gasteiger partial charge in [0.2, 0.25) is 5.91 Å². The lowest BCUT2D eigenvalue weighted by Crippen LogP contribution is -2.30. The molecular weight excluding hydrogens is 450 g/mol. The van der Waals surface area contributed by atoms with Gasteiger partial charge in [0.05, 0.1) is 19.7 Å². The average Bonchev–Trinajstić information content (AvgIpc) is 3.57. The van der Waals surface area contributed by atoms with Crippen LogP contribution < -0.4 is 9.47 Å². The van der Waals surface area contributed by atoms with Crippen molar-refractivity contribution in [2.75, 3.05) is 27.3 Å². The third-order valence-electron chi connectivity index (χ3n) is 7.49. The number of rotatable bonds is 7. The molecule has 2 aliphatic rings. The molecule has 1 atom stereocenters. The second-order valence-electron chi connectivity index (χ2n) is 9.89. The van der Waals surface area contributed by atoms with E-state index >= 15 is 0 Å². The third-order valence-corrected chi connectivity index (χ3v) is 7.49. The molecule has 0 N–H and O–H groups in total. The first-order chi connectivity index (χ1) is 17.6. The number of carbonyl (C=O) groups is 1. The van der Waals surface area contributed by atoms with Crippen LogP contribution in [0.3, 0.4) is 0 Å². The van der Waals surface area contributed by atoms with Gasteiger partial charge < -0.3 is 18.9 Å². The van der Waals surface area contributed by atoms with Crippen LogP contribution in [0.2, 0.25) is 0 Å². The van der Waals surface area contributed by atoms with Crippen LogP contribution in [0.5, 0.6) is 11.5 Å². The fourth-order valence-corrected chi connectivity index (χ4v) is 5.31. The molecule has 36 heavy (non-hydrogen) atoms. The highest BCUT2D eigenvalue weighted by Gasteiger charge is 2.36. The highest BCUT2D eigenvalue weighted by atomic mass is 16.5. The molecule has 3 aromatic carbocycles. The van der Waals surface area contributed by atoms with Crippen LogP contribution in [0.1, 0.15) is 19.3 Å². The van der Waals surface area contributed by atoms with Crippen molar-refractivity contribution >= 4 is 16.9 Å². The number of nitrogens with zero attached hydrogens (tertiary/aromatic N) is 3. The van der Waals surface area contributed by atoms with Crippen LogP contribution in [0, 0.1) is 11.8 Å². The number of carbonyl (C=O) groups excluding carboxylic acids is 1. The van der Waals surface area contributed by atoms with Gasteiger partial charge in [-0.1, -0.05) is 42.5 Å². The Morgan fingerprint density at radius 3 is 2.25 bits per heavy atom. The molecule has 184 valence electrons. The standard InChI is InChI=1S/C30H31N3O3/c1-35-25-14-12-22(13-15-25)21-6-8-23(9-7-21)29-31-28-26(4-3-5-27(28)36-2)33(29)19-20-16-17-32(18-20)30(34)24-10-11-24/h3-9,12-15,20,24H,10-11,16-19H2,1-2H3. The predicted molar refractivity (Wildman–Crippen MR) is 141 cm³/mol. The predicted octanol–water partition coefficient (Wildman–Crippen LogP) is 5.65. The molecule has 1 aliphatic heterocycles. The zero-order valence-electron chi connectivity index (χ0n) is 20.8. The molecule has 6 rings (SSSR count). The van der Waals surface area contributed by atoms with E-state index in [2.05, 4.69) is 51.9 Å². The number of hydrogen-bond acceptors (Lipinski definition) is 4. The Kier molecular flexibility index (Phi) is 5.88. The van der Waals surface area contributed by atoms with Gasteiger partial charge in [-0.05, 0) is 60.6 Å². The van der Waals surface area contributed by atoms with Crippen molar-refractivity contribution in [1.29, 1.82) is 0 Å². The maximum Gasteiger partial charge on any atom is 0.225 e. The highest BCUT2D eigenvalue weighted by Crippen LogP contribution is 2.35. The van der Waals surface area contributed by atoms with Crippen molar-refractivity contribution in [3.63, 3.8) is 0 Å². The molecule has 6 heteroatoms. The summed E-state index contributed by atoms with van der Waals surface area (Å²) in [6, 6.07) is 22.8. The molecule has 1 amide bonds. The Bertz CT molecular complexity index is 1390. The van der Waals surface area contributed by atoms with E-state index in [1.807, 2.05) is 24.3 Å². The quantitative estimate of drug-likeness (QED) is 0.343. The second kappa shape index (κ2) is 9.34. The topological polar surface area (TPSA) is 56.6 Å². The number of amides is 1. The fourth-order valence-electron chi connectivity index (χ4n) is 5.31. The molecule has 1 aliphatic carbocycles. The summed E-state index contributed by atoms with van der Waals surface area (Å²) in [5.74, 6) is 3.60. The first-order valence-corrected chi connectivity index (χ1v) is 12.7. The van der Waals surface area contributed by atoms with Crippen molar-refractivity contribution in [1.82, 2.24) is 14.5 Å². The van der Waals surface area contributed by atoms with E-state index in [-0.39, 0.29) is 5.92 Å². The van der Waals surface area contributed by atoms with Gasteiger partial charge in [0.15, 0.2) is 0 Å². The summed E-state index contributed by atoms with van der Waals surface area (Å²) in [5.41, 5.74) is 5.29. The van der Waals surface area contributed by atoms with Crippen molar-refractivity contribution < 1.29 is 14.3 Å². The molecule has 4 aromatic rings. The molecule has 1 saturated carbocycles. The van der Waals surface area contributed by atoms with E-state index in [0.29, 0.717) is 11.8 Å². The van der Waals surface area contributed by atoms with Crippen molar-refractivity contribution in [3.05, 3.63) is 66.7 Å². The van der Waals surface area contributed by atoms with Crippen LogP contribution in [-0.4, -0.2) is 47.7 Å². The van der Waals surface area contributed by atoms with Gasteiger partial charge in [-0.2, -0.15) is 0 Å². The number of methoxy groups -OCH3 is 2. The van der Waals surface area contributed by atoms with Gasteiger partial charge in [0.1, 0.15) is 22.8 Å². The number of aromatic nitrogens is 2. The average molecular weight is 482 g/mol. The first-order valence-electron chi connectivity index (χ1n) is 12.7. The summed E-state index contributed by atoms with van der Waals surface area (Å²) in [6.45, 7) is 2.52. The van der Waals surface area contributed by atoms with E-state index in [4.69, 9.17) is 14.5 Å². The Morgan fingerprint density at radius 1 is 0.889 bits per heavy atom. The summed E-state index contributed by atoms with van der Waals surface area (Å²) in [7, 11) is 3.37. The Balaban J connectivity index is 1.32. The molecule has 2 heterocycles. The number of para-hydroxylation sites is 1. The van der Waals surface area contributed by atoms with E-state index < -0.39 is 0 Å². The molecule has 1 aromatic heterocycles.